The Labute approximate surface area is 186 Å². The number of rotatable bonds is 5. The smallest absolute Gasteiger partial charge is 0.175 e. The monoisotopic (exact) mass is 443 g/mol. The molecule has 0 radical (unpaired) electrons. The number of ether oxygens (including phenoxy) is 2. The lowest BCUT2D eigenvalue weighted by Gasteiger charge is -2.50. The Morgan fingerprint density at radius 1 is 1.10 bits per heavy atom. The fourth-order valence-electron chi connectivity index (χ4n) is 4.90. The molecule has 0 N–H and O–H groups in total. The Balaban J connectivity index is 1.46. The first kappa shape index (κ1) is 22.5. The van der Waals surface area contributed by atoms with Crippen LogP contribution in [0.5, 0.6) is 0 Å². The highest BCUT2D eigenvalue weighted by Gasteiger charge is 2.46. The van der Waals surface area contributed by atoms with Crippen LogP contribution in [0.15, 0.2) is 59.5 Å². The Bertz CT molecular complexity index is 974. The van der Waals surface area contributed by atoms with Crippen LogP contribution >= 0.6 is 0 Å². The number of nitrogens with zero attached hydrogens (tertiary/aromatic N) is 1. The van der Waals surface area contributed by atoms with Gasteiger partial charge in [-0.2, -0.15) is 0 Å². The molecule has 6 heteroatoms. The van der Waals surface area contributed by atoms with Gasteiger partial charge in [-0.15, -0.1) is 0 Å². The summed E-state index contributed by atoms with van der Waals surface area (Å²) in [4.78, 5) is 2.77. The van der Waals surface area contributed by atoms with Crippen LogP contribution in [-0.2, 0) is 25.9 Å². The second kappa shape index (κ2) is 9.02. The Morgan fingerprint density at radius 3 is 2.45 bits per heavy atom. The third kappa shape index (κ3) is 5.20. The van der Waals surface area contributed by atoms with E-state index < -0.39 is 9.84 Å². The molecule has 3 atom stereocenters. The van der Waals surface area contributed by atoms with Crippen LogP contribution < -0.4 is 0 Å². The van der Waals surface area contributed by atoms with Gasteiger partial charge in [0.1, 0.15) is 5.60 Å². The molecule has 0 unspecified atom stereocenters. The van der Waals surface area contributed by atoms with Crippen molar-refractivity contribution in [3.8, 4) is 0 Å². The van der Waals surface area contributed by atoms with Crippen LogP contribution in [0.3, 0.4) is 0 Å². The zero-order chi connectivity index (χ0) is 22.1. The van der Waals surface area contributed by atoms with Crippen LogP contribution in [0.2, 0.25) is 0 Å². The SMILES string of the molecule is CC(C)[C@@H]1C[C@@]2(CO[C@H]1c1ccccc1)CN(Cc1ccc(S(C)(=O)=O)cc1)CCO2. The van der Waals surface area contributed by atoms with Crippen molar-refractivity contribution >= 4 is 9.84 Å². The number of hydrogen-bond donors (Lipinski definition) is 0. The molecule has 2 aromatic carbocycles. The standard InChI is InChI=1S/C25H33NO4S/c1-19(2)23-15-25(18-29-24(23)21-7-5-4-6-8-21)17-26(13-14-30-25)16-20-9-11-22(12-10-20)31(3,27)28/h4-12,19,23-24H,13-18H2,1-3H3/t23-,24-,25-/m0/s1. The van der Waals surface area contributed by atoms with E-state index in [1.165, 1.54) is 11.8 Å². The van der Waals surface area contributed by atoms with Crippen molar-refractivity contribution in [3.05, 3.63) is 65.7 Å². The van der Waals surface area contributed by atoms with Gasteiger partial charge in [0.15, 0.2) is 9.84 Å². The van der Waals surface area contributed by atoms with Gasteiger partial charge in [0.25, 0.3) is 0 Å². The summed E-state index contributed by atoms with van der Waals surface area (Å²) in [5.74, 6) is 0.884. The molecule has 2 aliphatic heterocycles. The first-order valence-electron chi connectivity index (χ1n) is 11.1. The summed E-state index contributed by atoms with van der Waals surface area (Å²) >= 11 is 0. The van der Waals surface area contributed by atoms with Crippen molar-refractivity contribution in [2.45, 2.75) is 43.4 Å². The normalized spacial score (nSPS) is 27.6. The number of benzene rings is 2. The van der Waals surface area contributed by atoms with Crippen LogP contribution in [0.1, 0.15) is 37.5 Å². The molecule has 2 aliphatic rings. The van der Waals surface area contributed by atoms with Crippen LogP contribution in [-0.4, -0.2) is 51.5 Å². The largest absolute Gasteiger partial charge is 0.370 e. The van der Waals surface area contributed by atoms with Crippen molar-refractivity contribution in [2.75, 3.05) is 32.6 Å². The quantitative estimate of drug-likeness (QED) is 0.697. The van der Waals surface area contributed by atoms with E-state index in [0.717, 1.165) is 31.6 Å². The van der Waals surface area contributed by atoms with Crippen LogP contribution in [0, 0.1) is 11.8 Å². The molecule has 2 saturated heterocycles. The zero-order valence-electron chi connectivity index (χ0n) is 18.7. The van der Waals surface area contributed by atoms with Crippen molar-refractivity contribution in [2.24, 2.45) is 11.8 Å². The molecule has 0 saturated carbocycles. The van der Waals surface area contributed by atoms with E-state index >= 15 is 0 Å². The van der Waals surface area contributed by atoms with Gasteiger partial charge in [-0.25, -0.2) is 8.42 Å². The lowest BCUT2D eigenvalue weighted by molar-refractivity contribution is -0.211. The highest BCUT2D eigenvalue weighted by atomic mass is 32.2. The van der Waals surface area contributed by atoms with Gasteiger partial charge in [0.05, 0.1) is 24.2 Å². The minimum atomic E-state index is -3.17. The summed E-state index contributed by atoms with van der Waals surface area (Å²) in [6.45, 7) is 8.30. The minimum Gasteiger partial charge on any atom is -0.370 e. The molecule has 1 spiro atoms. The topological polar surface area (TPSA) is 55.8 Å². The molecule has 31 heavy (non-hydrogen) atoms. The van der Waals surface area contributed by atoms with Gasteiger partial charge >= 0.3 is 0 Å². The molecule has 2 heterocycles. The first-order chi connectivity index (χ1) is 14.8. The van der Waals surface area contributed by atoms with E-state index in [1.54, 1.807) is 12.1 Å². The van der Waals surface area contributed by atoms with Gasteiger partial charge in [-0.05, 0) is 41.5 Å². The maximum Gasteiger partial charge on any atom is 0.175 e. The van der Waals surface area contributed by atoms with Gasteiger partial charge < -0.3 is 9.47 Å². The highest BCUT2D eigenvalue weighted by molar-refractivity contribution is 7.90. The molecule has 4 rings (SSSR count). The molecular formula is C25H33NO4S. The highest BCUT2D eigenvalue weighted by Crippen LogP contribution is 2.44. The summed E-state index contributed by atoms with van der Waals surface area (Å²) in [7, 11) is -3.17. The third-order valence-corrected chi connectivity index (χ3v) is 7.72. The van der Waals surface area contributed by atoms with Crippen LogP contribution in [0.4, 0.5) is 0 Å². The van der Waals surface area contributed by atoms with E-state index in [1.807, 2.05) is 18.2 Å². The molecule has 2 aromatic rings. The van der Waals surface area contributed by atoms with Crippen molar-refractivity contribution in [3.63, 3.8) is 0 Å². The fourth-order valence-corrected chi connectivity index (χ4v) is 5.53. The minimum absolute atomic E-state index is 0.106. The predicted octanol–water partition coefficient (Wildman–Crippen LogP) is 4.09. The summed E-state index contributed by atoms with van der Waals surface area (Å²) in [5.41, 5.74) is 2.07. The van der Waals surface area contributed by atoms with E-state index in [4.69, 9.17) is 9.47 Å². The Hall–Kier alpha value is -1.73. The average molecular weight is 444 g/mol. The maximum atomic E-state index is 11.7. The van der Waals surface area contributed by atoms with Gasteiger partial charge in [-0.1, -0.05) is 56.3 Å². The van der Waals surface area contributed by atoms with E-state index in [-0.39, 0.29) is 11.7 Å². The molecule has 0 amide bonds. The second-order valence-electron chi connectivity index (χ2n) is 9.41. The van der Waals surface area contributed by atoms with Gasteiger partial charge in [0.2, 0.25) is 0 Å². The summed E-state index contributed by atoms with van der Waals surface area (Å²) in [5, 5.41) is 0. The molecule has 0 bridgehead atoms. The average Bonchev–Trinajstić information content (AvgIpc) is 2.74. The molecule has 0 aromatic heterocycles. The van der Waals surface area contributed by atoms with E-state index in [0.29, 0.717) is 29.9 Å². The molecule has 5 nitrogen and oxygen atoms in total. The number of morpholine rings is 1. The van der Waals surface area contributed by atoms with Crippen molar-refractivity contribution < 1.29 is 17.9 Å². The van der Waals surface area contributed by atoms with Gasteiger partial charge in [0, 0.05) is 25.9 Å². The Morgan fingerprint density at radius 2 is 1.81 bits per heavy atom. The molecule has 0 aliphatic carbocycles. The van der Waals surface area contributed by atoms with Gasteiger partial charge in [-0.3, -0.25) is 4.90 Å². The van der Waals surface area contributed by atoms with Crippen LogP contribution in [0.25, 0.3) is 0 Å². The summed E-state index contributed by atoms with van der Waals surface area (Å²) in [6.07, 6.45) is 2.33. The molecular weight excluding hydrogens is 410 g/mol. The maximum absolute atomic E-state index is 11.7. The lowest BCUT2D eigenvalue weighted by Crippen LogP contribution is -2.58. The third-order valence-electron chi connectivity index (χ3n) is 6.59. The van der Waals surface area contributed by atoms with E-state index in [2.05, 4.69) is 43.0 Å². The lowest BCUT2D eigenvalue weighted by atomic mass is 9.75. The molecule has 168 valence electrons. The first-order valence-corrected chi connectivity index (χ1v) is 13.0. The molecule has 2 fully saturated rings. The fraction of sp³-hybridized carbons (Fsp3) is 0.520. The number of hydrogen-bond acceptors (Lipinski definition) is 5. The van der Waals surface area contributed by atoms with E-state index in [9.17, 15) is 8.42 Å². The Kier molecular flexibility index (Phi) is 6.54. The predicted molar refractivity (Wildman–Crippen MR) is 122 cm³/mol. The number of sulfone groups is 1. The summed E-state index contributed by atoms with van der Waals surface area (Å²) in [6, 6.07) is 17.7. The van der Waals surface area contributed by atoms with Crippen molar-refractivity contribution in [1.82, 2.24) is 4.90 Å². The zero-order valence-corrected chi connectivity index (χ0v) is 19.5. The summed E-state index contributed by atoms with van der Waals surface area (Å²) < 4.78 is 36.2. The van der Waals surface area contributed by atoms with Crippen molar-refractivity contribution in [1.29, 1.82) is 0 Å². The second-order valence-corrected chi connectivity index (χ2v) is 11.4.